The van der Waals surface area contributed by atoms with Crippen LogP contribution in [-0.4, -0.2) is 14.9 Å². The number of nitro groups is 1. The predicted octanol–water partition coefficient (Wildman–Crippen LogP) is 0.729. The fourth-order valence-corrected chi connectivity index (χ4v) is 0.739. The van der Waals surface area contributed by atoms with E-state index in [0.29, 0.717) is 0 Å². The fraction of sp³-hybridized carbons (Fsp3) is 0. The zero-order valence-electron chi connectivity index (χ0n) is 5.19. The van der Waals surface area contributed by atoms with E-state index < -0.39 is 4.92 Å². The van der Waals surface area contributed by atoms with Crippen LogP contribution in [0.25, 0.3) is 0 Å². The molecule has 0 saturated carbocycles. The largest absolute Gasteiger partial charge is 0.383 e. The summed E-state index contributed by atoms with van der Waals surface area (Å²) in [7, 11) is 0. The van der Waals surface area contributed by atoms with Gasteiger partial charge in [0.1, 0.15) is 6.20 Å². The Balaban J connectivity index is 3.15. The van der Waals surface area contributed by atoms with Crippen LogP contribution >= 0.6 is 15.9 Å². The lowest BCUT2D eigenvalue weighted by Gasteiger charge is -1.92. The first kappa shape index (κ1) is 7.86. The third-order valence-corrected chi connectivity index (χ3v) is 1.51. The molecule has 0 bridgehead atoms. The Labute approximate surface area is 69.7 Å². The minimum atomic E-state index is -0.642. The summed E-state index contributed by atoms with van der Waals surface area (Å²) in [5.74, 6) is -0.193. The first-order valence-electron chi connectivity index (χ1n) is 2.53. The molecule has 6 nitrogen and oxygen atoms in total. The third kappa shape index (κ3) is 1.61. The summed E-state index contributed by atoms with van der Waals surface area (Å²) in [5.41, 5.74) is 5.25. The quantitative estimate of drug-likeness (QED) is 0.554. The van der Waals surface area contributed by atoms with E-state index in [0.717, 1.165) is 6.20 Å². The van der Waals surface area contributed by atoms with Crippen molar-refractivity contribution in [2.24, 2.45) is 0 Å². The van der Waals surface area contributed by atoms with Crippen molar-refractivity contribution in [1.82, 2.24) is 9.97 Å². The van der Waals surface area contributed by atoms with Gasteiger partial charge in [-0.3, -0.25) is 0 Å². The molecule has 11 heavy (non-hydrogen) atoms. The Kier molecular flexibility index (Phi) is 1.99. The molecule has 2 N–H and O–H groups in total. The second-order valence-corrected chi connectivity index (χ2v) is 2.41. The number of aromatic nitrogens is 2. The van der Waals surface area contributed by atoms with Gasteiger partial charge in [-0.1, -0.05) is 0 Å². The average molecular weight is 219 g/mol. The highest BCUT2D eigenvalue weighted by Gasteiger charge is 2.11. The van der Waals surface area contributed by atoms with Crippen LogP contribution in [0.5, 0.6) is 0 Å². The maximum Gasteiger partial charge on any atom is 0.383 e. The van der Waals surface area contributed by atoms with Gasteiger partial charge in [0.2, 0.25) is 0 Å². The zero-order valence-corrected chi connectivity index (χ0v) is 6.78. The Morgan fingerprint density at radius 2 is 2.36 bits per heavy atom. The molecule has 0 aliphatic rings. The summed E-state index contributed by atoms with van der Waals surface area (Å²) in [6.07, 6.45) is 1.00. The number of hydrogen-bond acceptors (Lipinski definition) is 5. The van der Waals surface area contributed by atoms with Gasteiger partial charge in [0.15, 0.2) is 5.82 Å². The molecular formula is C4H3BrN4O2. The lowest BCUT2D eigenvalue weighted by atomic mass is 10.6. The van der Waals surface area contributed by atoms with E-state index in [2.05, 4.69) is 25.9 Å². The van der Waals surface area contributed by atoms with Crippen molar-refractivity contribution >= 4 is 27.6 Å². The summed E-state index contributed by atoms with van der Waals surface area (Å²) >= 11 is 2.91. The van der Waals surface area contributed by atoms with Gasteiger partial charge in [0, 0.05) is 15.9 Å². The molecule has 0 aliphatic carbocycles. The number of nitrogens with zero attached hydrogens (tertiary/aromatic N) is 3. The van der Waals surface area contributed by atoms with Gasteiger partial charge in [0.05, 0.1) is 0 Å². The first-order chi connectivity index (χ1) is 5.11. The molecule has 1 rings (SSSR count). The Bertz CT molecular complexity index is 302. The molecule has 0 aliphatic heterocycles. The minimum absolute atomic E-state index is 0.135. The molecule has 1 aromatic rings. The van der Waals surface area contributed by atoms with Crippen LogP contribution in [0.3, 0.4) is 0 Å². The van der Waals surface area contributed by atoms with Gasteiger partial charge >= 0.3 is 5.82 Å². The van der Waals surface area contributed by atoms with Gasteiger partial charge < -0.3 is 15.8 Å². The minimum Gasteiger partial charge on any atom is -0.380 e. The van der Waals surface area contributed by atoms with Crippen molar-refractivity contribution < 1.29 is 4.92 Å². The van der Waals surface area contributed by atoms with Crippen LogP contribution in [0.4, 0.5) is 11.6 Å². The van der Waals surface area contributed by atoms with E-state index >= 15 is 0 Å². The second-order valence-electron chi connectivity index (χ2n) is 1.66. The number of rotatable bonds is 1. The van der Waals surface area contributed by atoms with Crippen LogP contribution in [-0.2, 0) is 0 Å². The summed E-state index contributed by atoms with van der Waals surface area (Å²) < 4.78 is 0.187. The lowest BCUT2D eigenvalue weighted by Crippen LogP contribution is -1.98. The van der Waals surface area contributed by atoms with Gasteiger partial charge in [-0.15, -0.1) is 0 Å². The van der Waals surface area contributed by atoms with Crippen LogP contribution in [0, 0.1) is 10.1 Å². The molecule has 58 valence electrons. The highest BCUT2D eigenvalue weighted by Crippen LogP contribution is 2.16. The Morgan fingerprint density at radius 3 is 2.82 bits per heavy atom. The van der Waals surface area contributed by atoms with Crippen LogP contribution in [0.2, 0.25) is 0 Å². The molecule has 1 aromatic heterocycles. The summed E-state index contributed by atoms with van der Waals surface area (Å²) in [6, 6.07) is 0. The molecule has 0 aromatic carbocycles. The predicted molar refractivity (Wildman–Crippen MR) is 40.8 cm³/mol. The van der Waals surface area contributed by atoms with Gasteiger partial charge in [0.25, 0.3) is 4.60 Å². The van der Waals surface area contributed by atoms with Gasteiger partial charge in [-0.05, 0) is 9.91 Å². The summed E-state index contributed by atoms with van der Waals surface area (Å²) in [4.78, 5) is 16.5. The number of nitrogen functional groups attached to an aromatic ring is 1. The van der Waals surface area contributed by atoms with Crippen molar-refractivity contribution in [3.8, 4) is 0 Å². The van der Waals surface area contributed by atoms with E-state index in [1.807, 2.05) is 0 Å². The molecule has 0 fully saturated rings. The normalized spacial score (nSPS) is 9.55. The van der Waals surface area contributed by atoms with Crippen molar-refractivity contribution in [3.05, 3.63) is 20.9 Å². The Hall–Kier alpha value is -1.24. The molecule has 0 atom stereocenters. The molecule has 0 amide bonds. The molecule has 0 saturated heterocycles. The van der Waals surface area contributed by atoms with Crippen LogP contribution < -0.4 is 5.73 Å². The lowest BCUT2D eigenvalue weighted by molar-refractivity contribution is -0.390. The highest BCUT2D eigenvalue weighted by atomic mass is 79.9. The molecule has 0 spiro atoms. The third-order valence-electron chi connectivity index (χ3n) is 0.930. The van der Waals surface area contributed by atoms with E-state index in [9.17, 15) is 10.1 Å². The summed E-state index contributed by atoms with van der Waals surface area (Å²) in [5, 5.41) is 10.1. The van der Waals surface area contributed by atoms with E-state index in [1.165, 1.54) is 0 Å². The number of nitrogens with two attached hydrogens (primary N) is 1. The van der Waals surface area contributed by atoms with E-state index in [1.54, 1.807) is 0 Å². The summed E-state index contributed by atoms with van der Waals surface area (Å²) in [6.45, 7) is 0. The van der Waals surface area contributed by atoms with Crippen LogP contribution in [0.1, 0.15) is 0 Å². The van der Waals surface area contributed by atoms with Gasteiger partial charge in [-0.2, -0.15) is 0 Å². The molecule has 7 heteroatoms. The number of anilines is 1. The maximum absolute atomic E-state index is 10.1. The zero-order chi connectivity index (χ0) is 8.43. The smallest absolute Gasteiger partial charge is 0.380 e. The van der Waals surface area contributed by atoms with Crippen molar-refractivity contribution in [1.29, 1.82) is 0 Å². The van der Waals surface area contributed by atoms with E-state index in [4.69, 9.17) is 5.73 Å². The maximum atomic E-state index is 10.1. The number of hydrogen-bond donors (Lipinski definition) is 1. The topological polar surface area (TPSA) is 94.9 Å². The fourth-order valence-electron chi connectivity index (χ4n) is 0.455. The standard InChI is InChI=1S/C4H3BrN4O2/c5-3-4(6)7-1-2(8-3)9(10)11/h1H,(H2,6,7). The highest BCUT2D eigenvalue weighted by molar-refractivity contribution is 9.10. The molecule has 0 radical (unpaired) electrons. The van der Waals surface area contributed by atoms with Crippen LogP contribution in [0.15, 0.2) is 10.8 Å². The monoisotopic (exact) mass is 218 g/mol. The van der Waals surface area contributed by atoms with E-state index in [-0.39, 0.29) is 16.2 Å². The van der Waals surface area contributed by atoms with Gasteiger partial charge in [-0.25, -0.2) is 4.98 Å². The van der Waals surface area contributed by atoms with Crippen molar-refractivity contribution in [2.75, 3.05) is 5.73 Å². The molecule has 0 unspecified atom stereocenters. The molecular weight excluding hydrogens is 216 g/mol. The average Bonchev–Trinajstić information content (AvgIpc) is 1.94. The first-order valence-corrected chi connectivity index (χ1v) is 3.33. The van der Waals surface area contributed by atoms with Crippen molar-refractivity contribution in [3.63, 3.8) is 0 Å². The van der Waals surface area contributed by atoms with Crippen molar-refractivity contribution in [2.45, 2.75) is 0 Å². The molecule has 1 heterocycles. The number of halogens is 1. The second kappa shape index (κ2) is 2.79. The Morgan fingerprint density at radius 1 is 1.73 bits per heavy atom. The SMILES string of the molecule is Nc1ncc([N+](=O)[O-])nc1Br.